The summed E-state index contributed by atoms with van der Waals surface area (Å²) in [6.45, 7) is 5.10. The number of hydrogen-bond acceptors (Lipinski definition) is 4. The molecule has 0 amide bonds. The Labute approximate surface area is 184 Å². The van der Waals surface area contributed by atoms with E-state index in [1.54, 1.807) is 19.4 Å². The zero-order valence-corrected chi connectivity index (χ0v) is 19.1. The highest BCUT2D eigenvalue weighted by Crippen LogP contribution is 2.15. The number of hydrogen-bond donors (Lipinski definition) is 1. The van der Waals surface area contributed by atoms with Crippen LogP contribution in [0.5, 0.6) is 0 Å². The number of rotatable bonds is 5. The summed E-state index contributed by atoms with van der Waals surface area (Å²) in [6.07, 6.45) is 2.21. The van der Waals surface area contributed by atoms with Crippen molar-refractivity contribution in [1.82, 2.24) is 20.3 Å². The highest BCUT2D eigenvalue weighted by Gasteiger charge is 2.20. The van der Waals surface area contributed by atoms with Gasteiger partial charge in [-0.1, -0.05) is 21.1 Å². The van der Waals surface area contributed by atoms with Gasteiger partial charge in [-0.05, 0) is 30.2 Å². The number of guanidine groups is 1. The maximum atomic E-state index is 13.8. The van der Waals surface area contributed by atoms with Crippen LogP contribution in [0.1, 0.15) is 11.3 Å². The second kappa shape index (κ2) is 11.0. The van der Waals surface area contributed by atoms with Gasteiger partial charge in [0, 0.05) is 56.9 Å². The molecule has 0 unspecified atom stereocenters. The fourth-order valence-corrected chi connectivity index (χ4v) is 3.45. The van der Waals surface area contributed by atoms with E-state index >= 15 is 0 Å². The molecule has 0 bridgehead atoms. The molecule has 1 fully saturated rings. The number of piperazine rings is 1. The van der Waals surface area contributed by atoms with Crippen molar-refractivity contribution in [3.8, 4) is 0 Å². The Hall–Kier alpha value is -1.20. The van der Waals surface area contributed by atoms with Gasteiger partial charge in [0.25, 0.3) is 0 Å². The van der Waals surface area contributed by atoms with Crippen LogP contribution in [0.15, 0.2) is 44.5 Å². The lowest BCUT2D eigenvalue weighted by atomic mass is 10.1. The number of aliphatic imine (C=N–C) groups is 1. The van der Waals surface area contributed by atoms with Crippen LogP contribution < -0.4 is 5.32 Å². The van der Waals surface area contributed by atoms with Gasteiger partial charge in [0.2, 0.25) is 0 Å². The average Bonchev–Trinajstić information content (AvgIpc) is 3.15. The van der Waals surface area contributed by atoms with E-state index in [0.29, 0.717) is 18.5 Å². The van der Waals surface area contributed by atoms with Gasteiger partial charge < -0.3 is 14.7 Å². The fourth-order valence-electron chi connectivity index (χ4n) is 3.04. The molecule has 1 aliphatic rings. The van der Waals surface area contributed by atoms with Gasteiger partial charge in [0.15, 0.2) is 5.96 Å². The third kappa shape index (κ3) is 6.42. The molecule has 1 saturated heterocycles. The molecule has 1 aromatic carbocycles. The number of aromatic nitrogens is 1. The Kier molecular flexibility index (Phi) is 8.97. The monoisotopic (exact) mass is 551 g/mol. The van der Waals surface area contributed by atoms with Crippen LogP contribution in [0.4, 0.5) is 4.39 Å². The predicted octanol–water partition coefficient (Wildman–Crippen LogP) is 3.13. The van der Waals surface area contributed by atoms with Gasteiger partial charge in [-0.2, -0.15) is 0 Å². The van der Waals surface area contributed by atoms with Crippen molar-refractivity contribution >= 4 is 45.9 Å². The van der Waals surface area contributed by atoms with Crippen molar-refractivity contribution < 1.29 is 8.91 Å². The Morgan fingerprint density at radius 2 is 2.07 bits per heavy atom. The third-order valence-electron chi connectivity index (χ3n) is 4.45. The molecule has 1 aliphatic heterocycles. The molecule has 27 heavy (non-hydrogen) atoms. The molecule has 9 heteroatoms. The molecule has 0 saturated carbocycles. The van der Waals surface area contributed by atoms with Gasteiger partial charge in [0.1, 0.15) is 12.1 Å². The Morgan fingerprint density at radius 3 is 2.74 bits per heavy atom. The summed E-state index contributed by atoms with van der Waals surface area (Å²) in [5, 5.41) is 7.31. The smallest absolute Gasteiger partial charge is 0.193 e. The number of halogens is 3. The van der Waals surface area contributed by atoms with Gasteiger partial charge in [0.05, 0.1) is 5.69 Å². The Bertz CT molecular complexity index is 735. The van der Waals surface area contributed by atoms with Crippen molar-refractivity contribution in [1.29, 1.82) is 0 Å². The van der Waals surface area contributed by atoms with Crippen LogP contribution in [0.3, 0.4) is 0 Å². The number of benzene rings is 1. The number of nitrogens with zero attached hydrogens (tertiary/aromatic N) is 4. The Balaban J connectivity index is 0.00000261. The van der Waals surface area contributed by atoms with E-state index in [9.17, 15) is 4.39 Å². The molecule has 2 heterocycles. The first-order valence-electron chi connectivity index (χ1n) is 8.67. The molecule has 0 aliphatic carbocycles. The van der Waals surface area contributed by atoms with Gasteiger partial charge in [-0.15, -0.1) is 24.0 Å². The summed E-state index contributed by atoms with van der Waals surface area (Å²) in [7, 11) is 1.78. The fraction of sp³-hybridized carbons (Fsp3) is 0.444. The minimum absolute atomic E-state index is 0. The van der Waals surface area contributed by atoms with Crippen LogP contribution in [-0.2, 0) is 13.0 Å². The number of nitrogens with one attached hydrogen (secondary N) is 1. The van der Waals surface area contributed by atoms with Crippen molar-refractivity contribution in [2.75, 3.05) is 39.8 Å². The van der Waals surface area contributed by atoms with Crippen LogP contribution >= 0.6 is 39.9 Å². The Morgan fingerprint density at radius 1 is 1.30 bits per heavy atom. The van der Waals surface area contributed by atoms with E-state index in [4.69, 9.17) is 4.52 Å². The highest BCUT2D eigenvalue weighted by molar-refractivity contribution is 14.0. The summed E-state index contributed by atoms with van der Waals surface area (Å²) in [5.41, 5.74) is 1.65. The first-order chi connectivity index (χ1) is 12.7. The van der Waals surface area contributed by atoms with Crippen molar-refractivity contribution in [3.63, 3.8) is 0 Å². The summed E-state index contributed by atoms with van der Waals surface area (Å²) in [5.74, 6) is 0.688. The summed E-state index contributed by atoms with van der Waals surface area (Å²) >= 11 is 3.39. The SMILES string of the molecule is CN=C(NCCc1cc(Br)ccc1F)N1CCN(Cc2ccon2)CC1.I. The van der Waals surface area contributed by atoms with Gasteiger partial charge in [-0.25, -0.2) is 4.39 Å². The predicted molar refractivity (Wildman–Crippen MR) is 118 cm³/mol. The normalized spacial score (nSPS) is 15.5. The minimum atomic E-state index is -0.175. The molecule has 0 radical (unpaired) electrons. The topological polar surface area (TPSA) is 56.9 Å². The molecule has 148 valence electrons. The van der Waals surface area contributed by atoms with Crippen LogP contribution in [0.25, 0.3) is 0 Å². The minimum Gasteiger partial charge on any atom is -0.364 e. The molecule has 3 rings (SSSR count). The van der Waals surface area contributed by atoms with Crippen LogP contribution in [0, 0.1) is 5.82 Å². The van der Waals surface area contributed by atoms with Gasteiger partial charge in [-0.3, -0.25) is 9.89 Å². The van der Waals surface area contributed by atoms with Gasteiger partial charge >= 0.3 is 0 Å². The highest BCUT2D eigenvalue weighted by atomic mass is 127. The van der Waals surface area contributed by atoms with Crippen LogP contribution in [-0.4, -0.2) is 60.7 Å². The lowest BCUT2D eigenvalue weighted by molar-refractivity contribution is 0.169. The van der Waals surface area contributed by atoms with E-state index < -0.39 is 0 Å². The molecule has 0 atom stereocenters. The van der Waals surface area contributed by atoms with Crippen molar-refractivity contribution in [2.24, 2.45) is 4.99 Å². The zero-order valence-electron chi connectivity index (χ0n) is 15.2. The molecule has 0 spiro atoms. The van der Waals surface area contributed by atoms with E-state index in [1.807, 2.05) is 12.1 Å². The van der Waals surface area contributed by atoms with Crippen LogP contribution in [0.2, 0.25) is 0 Å². The average molecular weight is 552 g/mol. The molecular weight excluding hydrogens is 528 g/mol. The quantitative estimate of drug-likeness (QED) is 0.351. The molecule has 2 aromatic rings. The lowest BCUT2D eigenvalue weighted by Gasteiger charge is -2.36. The molecular formula is C18H24BrFIN5O. The second-order valence-electron chi connectivity index (χ2n) is 6.21. The van der Waals surface area contributed by atoms with E-state index in [1.165, 1.54) is 6.07 Å². The molecule has 1 N–H and O–H groups in total. The largest absolute Gasteiger partial charge is 0.364 e. The van der Waals surface area contributed by atoms with E-state index in [-0.39, 0.29) is 29.8 Å². The first kappa shape index (κ1) is 22.1. The second-order valence-corrected chi connectivity index (χ2v) is 7.13. The zero-order chi connectivity index (χ0) is 18.4. The van der Waals surface area contributed by atoms with E-state index in [2.05, 4.69) is 41.2 Å². The first-order valence-corrected chi connectivity index (χ1v) is 9.46. The maximum Gasteiger partial charge on any atom is 0.193 e. The van der Waals surface area contributed by atoms with Crippen molar-refractivity contribution in [2.45, 2.75) is 13.0 Å². The molecule has 6 nitrogen and oxygen atoms in total. The lowest BCUT2D eigenvalue weighted by Crippen LogP contribution is -2.52. The standard InChI is InChI=1S/C18H23BrFN5O.HI/c1-21-18(22-6-4-14-12-15(19)2-3-17(14)20)25-9-7-24(8-10-25)13-16-5-11-26-23-16;/h2-3,5,11-12H,4,6-10,13H2,1H3,(H,21,22);1H. The summed E-state index contributed by atoms with van der Waals surface area (Å²) in [6, 6.07) is 6.92. The summed E-state index contributed by atoms with van der Waals surface area (Å²) in [4.78, 5) is 8.94. The van der Waals surface area contributed by atoms with E-state index in [0.717, 1.165) is 48.8 Å². The maximum absolute atomic E-state index is 13.8. The molecule has 1 aromatic heterocycles. The third-order valence-corrected chi connectivity index (χ3v) is 4.94. The summed E-state index contributed by atoms with van der Waals surface area (Å²) < 4.78 is 19.6. The van der Waals surface area contributed by atoms with Crippen molar-refractivity contribution in [3.05, 3.63) is 52.1 Å².